The summed E-state index contributed by atoms with van der Waals surface area (Å²) in [6, 6.07) is 15.3. The number of nitrogens with one attached hydrogen (secondary N) is 1. The number of amides is 1. The molecule has 1 amide bonds. The molecule has 6 heteroatoms. The van der Waals surface area contributed by atoms with Crippen molar-refractivity contribution in [1.82, 2.24) is 4.98 Å². The molecular weight excluding hydrogens is 344 g/mol. The third-order valence-corrected chi connectivity index (χ3v) is 5.00. The van der Waals surface area contributed by atoms with Crippen molar-refractivity contribution in [3.8, 4) is 6.07 Å². The van der Waals surface area contributed by atoms with Gasteiger partial charge in [0.2, 0.25) is 5.91 Å². The van der Waals surface area contributed by atoms with Crippen LogP contribution in [0.4, 0.5) is 5.69 Å². The van der Waals surface area contributed by atoms with Crippen LogP contribution in [0.1, 0.15) is 18.4 Å². The van der Waals surface area contributed by atoms with Crippen LogP contribution < -0.4 is 5.32 Å². The van der Waals surface area contributed by atoms with E-state index in [1.54, 1.807) is 12.4 Å². The molecule has 0 saturated carbocycles. The van der Waals surface area contributed by atoms with Crippen molar-refractivity contribution < 1.29 is 4.79 Å². The van der Waals surface area contributed by atoms with Gasteiger partial charge in [-0.2, -0.15) is 5.26 Å². The maximum atomic E-state index is 13.1. The maximum Gasteiger partial charge on any atom is 0.234 e. The molecule has 0 radical (unpaired) electrons. The molecule has 2 atom stereocenters. The summed E-state index contributed by atoms with van der Waals surface area (Å²) in [5.41, 5.74) is 2.81. The third-order valence-electron chi connectivity index (χ3n) is 4.31. The number of carbonyl (C=O) groups is 1. The Hall–Kier alpha value is -2.91. The van der Waals surface area contributed by atoms with Crippen LogP contribution in [0.5, 0.6) is 0 Å². The van der Waals surface area contributed by atoms with Crippen LogP contribution in [0.15, 0.2) is 70.5 Å². The fourth-order valence-electron chi connectivity index (χ4n) is 3.12. The number of anilines is 1. The van der Waals surface area contributed by atoms with Crippen LogP contribution in [0.25, 0.3) is 0 Å². The van der Waals surface area contributed by atoms with Crippen molar-refractivity contribution in [2.75, 3.05) is 11.6 Å². The SMILES string of the molecule is CSC1=C(C#N)[C@H](c2ccncc2)C(C(=O)Nc2ccccc2)C(C)=N1. The van der Waals surface area contributed by atoms with Crippen molar-refractivity contribution in [2.24, 2.45) is 10.9 Å². The monoisotopic (exact) mass is 362 g/mol. The Morgan fingerprint density at radius 1 is 1.19 bits per heavy atom. The molecule has 1 unspecified atom stereocenters. The van der Waals surface area contributed by atoms with Gasteiger partial charge in [-0.3, -0.25) is 9.78 Å². The van der Waals surface area contributed by atoms with Crippen molar-refractivity contribution in [3.63, 3.8) is 0 Å². The summed E-state index contributed by atoms with van der Waals surface area (Å²) in [6.45, 7) is 1.84. The Morgan fingerprint density at radius 3 is 2.50 bits per heavy atom. The number of aromatic nitrogens is 1. The summed E-state index contributed by atoms with van der Waals surface area (Å²) < 4.78 is 0. The van der Waals surface area contributed by atoms with E-state index in [1.165, 1.54) is 11.8 Å². The maximum absolute atomic E-state index is 13.1. The van der Waals surface area contributed by atoms with Gasteiger partial charge in [-0.05, 0) is 43.0 Å². The number of nitriles is 1. The first-order chi connectivity index (χ1) is 12.7. The summed E-state index contributed by atoms with van der Waals surface area (Å²) in [4.78, 5) is 21.7. The number of thioether (sulfide) groups is 1. The molecule has 2 aromatic rings. The summed E-state index contributed by atoms with van der Waals surface area (Å²) in [7, 11) is 0. The minimum atomic E-state index is -0.553. The third kappa shape index (κ3) is 3.53. The highest BCUT2D eigenvalue weighted by Gasteiger charge is 2.39. The number of aliphatic imine (C=N–C) groups is 1. The van der Waals surface area contributed by atoms with Gasteiger partial charge in [0.25, 0.3) is 0 Å². The molecule has 0 bridgehead atoms. The second-order valence-electron chi connectivity index (χ2n) is 5.88. The molecule has 1 aliphatic heterocycles. The predicted molar refractivity (Wildman–Crippen MR) is 105 cm³/mol. The van der Waals surface area contributed by atoms with E-state index in [4.69, 9.17) is 0 Å². The highest BCUT2D eigenvalue weighted by Crippen LogP contribution is 2.41. The first-order valence-electron chi connectivity index (χ1n) is 8.15. The van der Waals surface area contributed by atoms with Gasteiger partial charge >= 0.3 is 0 Å². The average Bonchev–Trinajstić information content (AvgIpc) is 2.68. The molecule has 0 saturated heterocycles. The molecule has 0 aliphatic carbocycles. The van der Waals surface area contributed by atoms with E-state index in [1.807, 2.05) is 55.6 Å². The molecule has 0 fully saturated rings. The van der Waals surface area contributed by atoms with Crippen molar-refractivity contribution in [2.45, 2.75) is 12.8 Å². The van der Waals surface area contributed by atoms with Gasteiger partial charge in [0.15, 0.2) is 0 Å². The fourth-order valence-corrected chi connectivity index (χ4v) is 3.74. The van der Waals surface area contributed by atoms with Crippen molar-refractivity contribution in [1.29, 1.82) is 5.26 Å². The lowest BCUT2D eigenvalue weighted by molar-refractivity contribution is -0.118. The van der Waals surface area contributed by atoms with Crippen LogP contribution in [0, 0.1) is 17.2 Å². The first kappa shape index (κ1) is 17.9. The van der Waals surface area contributed by atoms with Gasteiger partial charge in [0, 0.05) is 29.7 Å². The lowest BCUT2D eigenvalue weighted by atomic mass is 9.77. The average molecular weight is 362 g/mol. The molecule has 26 heavy (non-hydrogen) atoms. The minimum Gasteiger partial charge on any atom is -0.325 e. The molecule has 3 rings (SSSR count). The number of pyridine rings is 1. The molecule has 1 aromatic carbocycles. The zero-order valence-corrected chi connectivity index (χ0v) is 15.3. The summed E-state index contributed by atoms with van der Waals surface area (Å²) in [6.07, 6.45) is 5.24. The second kappa shape index (κ2) is 7.98. The standard InChI is InChI=1S/C20H18N4OS/c1-13-17(19(25)24-15-6-4-3-5-7-15)18(14-8-10-22-11-9-14)16(12-21)20(23-13)26-2/h3-11,17-18H,1-2H3,(H,24,25)/t17?,18-/m0/s1. The van der Waals surface area contributed by atoms with Crippen LogP contribution in [-0.4, -0.2) is 22.9 Å². The van der Waals surface area contributed by atoms with E-state index in [0.717, 1.165) is 11.3 Å². The lowest BCUT2D eigenvalue weighted by Crippen LogP contribution is -2.36. The lowest BCUT2D eigenvalue weighted by Gasteiger charge is -2.30. The summed E-state index contributed by atoms with van der Waals surface area (Å²) in [5, 5.41) is 13.4. The van der Waals surface area contributed by atoms with Crippen LogP contribution >= 0.6 is 11.8 Å². The van der Waals surface area contributed by atoms with Crippen molar-refractivity contribution >= 4 is 29.1 Å². The van der Waals surface area contributed by atoms with E-state index in [9.17, 15) is 10.1 Å². The highest BCUT2D eigenvalue weighted by atomic mass is 32.2. The predicted octanol–water partition coefficient (Wildman–Crippen LogP) is 3.99. The molecule has 1 N–H and O–H groups in total. The first-order valence-corrected chi connectivity index (χ1v) is 9.37. The Labute approximate surface area is 156 Å². The Bertz CT molecular complexity index is 900. The fraction of sp³-hybridized carbons (Fsp3) is 0.200. The molecule has 130 valence electrons. The number of para-hydroxylation sites is 1. The van der Waals surface area contributed by atoms with Gasteiger partial charge in [-0.1, -0.05) is 18.2 Å². The second-order valence-corrected chi connectivity index (χ2v) is 6.67. The van der Waals surface area contributed by atoms with Crippen LogP contribution in [-0.2, 0) is 4.79 Å². The number of nitrogens with zero attached hydrogens (tertiary/aromatic N) is 3. The summed E-state index contributed by atoms with van der Waals surface area (Å²) in [5.74, 6) is -1.11. The smallest absolute Gasteiger partial charge is 0.234 e. The Kier molecular flexibility index (Phi) is 5.49. The van der Waals surface area contributed by atoms with Crippen molar-refractivity contribution in [3.05, 3.63) is 71.0 Å². The van der Waals surface area contributed by atoms with Gasteiger partial charge in [0.05, 0.1) is 17.6 Å². The molecule has 0 spiro atoms. The van der Waals surface area contributed by atoms with Crippen LogP contribution in [0.3, 0.4) is 0 Å². The number of benzene rings is 1. The van der Waals surface area contributed by atoms with E-state index < -0.39 is 5.92 Å². The number of carbonyl (C=O) groups excluding carboxylic acids is 1. The van der Waals surface area contributed by atoms with Gasteiger partial charge in [-0.25, -0.2) is 4.99 Å². The number of rotatable bonds is 4. The number of hydrogen-bond acceptors (Lipinski definition) is 5. The van der Waals surface area contributed by atoms with Gasteiger partial charge < -0.3 is 5.32 Å². The van der Waals surface area contributed by atoms with Gasteiger partial charge in [0.1, 0.15) is 5.03 Å². The molecule has 5 nitrogen and oxygen atoms in total. The quantitative estimate of drug-likeness (QED) is 0.892. The van der Waals surface area contributed by atoms with Crippen LogP contribution in [0.2, 0.25) is 0 Å². The molecule has 1 aromatic heterocycles. The Balaban J connectivity index is 2.04. The zero-order chi connectivity index (χ0) is 18.5. The Morgan fingerprint density at radius 2 is 1.88 bits per heavy atom. The molecule has 1 aliphatic rings. The van der Waals surface area contributed by atoms with E-state index in [0.29, 0.717) is 16.3 Å². The topological polar surface area (TPSA) is 78.1 Å². The van der Waals surface area contributed by atoms with E-state index >= 15 is 0 Å². The van der Waals surface area contributed by atoms with Gasteiger partial charge in [-0.15, -0.1) is 11.8 Å². The minimum absolute atomic E-state index is 0.174. The zero-order valence-electron chi connectivity index (χ0n) is 14.5. The molecule has 2 heterocycles. The normalized spacial score (nSPS) is 19.5. The van der Waals surface area contributed by atoms with E-state index in [-0.39, 0.29) is 11.8 Å². The number of allylic oxidation sites excluding steroid dienone is 1. The highest BCUT2D eigenvalue weighted by molar-refractivity contribution is 8.02. The summed E-state index contributed by atoms with van der Waals surface area (Å²) >= 11 is 1.42. The van der Waals surface area contributed by atoms with E-state index in [2.05, 4.69) is 21.4 Å². The largest absolute Gasteiger partial charge is 0.325 e. The number of hydrogen-bond donors (Lipinski definition) is 1. The molecular formula is C20H18N4OS.